The van der Waals surface area contributed by atoms with Crippen molar-refractivity contribution in [3.8, 4) is 11.8 Å². The summed E-state index contributed by atoms with van der Waals surface area (Å²) in [5.41, 5.74) is 3.60. The van der Waals surface area contributed by atoms with Crippen molar-refractivity contribution in [3.05, 3.63) is 71.4 Å². The molecule has 28 heavy (non-hydrogen) atoms. The number of nitrogens with zero attached hydrogens (tertiary/aromatic N) is 2. The van der Waals surface area contributed by atoms with Gasteiger partial charge in [0, 0.05) is 28.6 Å². The molecular formula is C24H25N3O. The molecule has 3 aromatic rings. The van der Waals surface area contributed by atoms with E-state index >= 15 is 0 Å². The number of aromatic nitrogens is 1. The Bertz CT molecular complexity index is 1000. The van der Waals surface area contributed by atoms with Gasteiger partial charge in [0.05, 0.1) is 17.1 Å². The largest absolute Gasteiger partial charge is 0.485 e. The Balaban J connectivity index is 1.72. The summed E-state index contributed by atoms with van der Waals surface area (Å²) in [5.74, 6) is 1.17. The van der Waals surface area contributed by atoms with Crippen molar-refractivity contribution in [3.63, 3.8) is 0 Å². The van der Waals surface area contributed by atoms with Gasteiger partial charge >= 0.3 is 0 Å². The molecule has 1 fully saturated rings. The lowest BCUT2D eigenvalue weighted by Gasteiger charge is -2.28. The molecule has 4 heteroatoms. The molecule has 2 heterocycles. The maximum absolute atomic E-state index is 9.63. The van der Waals surface area contributed by atoms with Crippen molar-refractivity contribution in [1.82, 2.24) is 10.3 Å². The van der Waals surface area contributed by atoms with Gasteiger partial charge in [0.15, 0.2) is 0 Å². The highest BCUT2D eigenvalue weighted by atomic mass is 16.5. The SMILES string of the molecule is Cc1ccc2ccc(OC(c3ccccc3C#N)C3CCCNCC3)cc2n1. The van der Waals surface area contributed by atoms with E-state index in [2.05, 4.69) is 28.5 Å². The first-order valence-electron chi connectivity index (χ1n) is 9.98. The summed E-state index contributed by atoms with van der Waals surface area (Å²) in [6, 6.07) is 20.3. The van der Waals surface area contributed by atoms with Gasteiger partial charge in [-0.1, -0.05) is 24.3 Å². The van der Waals surface area contributed by atoms with Crippen LogP contribution in [0.4, 0.5) is 0 Å². The van der Waals surface area contributed by atoms with Crippen molar-refractivity contribution in [1.29, 1.82) is 5.26 Å². The van der Waals surface area contributed by atoms with E-state index in [9.17, 15) is 5.26 Å². The van der Waals surface area contributed by atoms with Gasteiger partial charge in [-0.05, 0) is 63.5 Å². The van der Waals surface area contributed by atoms with Gasteiger partial charge in [0.25, 0.3) is 0 Å². The topological polar surface area (TPSA) is 57.9 Å². The number of ether oxygens (including phenoxy) is 1. The van der Waals surface area contributed by atoms with Gasteiger partial charge in [-0.25, -0.2) is 0 Å². The van der Waals surface area contributed by atoms with Crippen molar-refractivity contribution in [2.24, 2.45) is 5.92 Å². The number of rotatable bonds is 4. The summed E-state index contributed by atoms with van der Waals surface area (Å²) in [5, 5.41) is 14.2. The second kappa shape index (κ2) is 8.41. The van der Waals surface area contributed by atoms with Crippen LogP contribution in [0.1, 0.15) is 42.2 Å². The minimum absolute atomic E-state index is 0.141. The van der Waals surface area contributed by atoms with Gasteiger partial charge in [-0.3, -0.25) is 4.98 Å². The van der Waals surface area contributed by atoms with Gasteiger partial charge < -0.3 is 10.1 Å². The van der Waals surface area contributed by atoms with E-state index in [1.165, 1.54) is 0 Å². The fraction of sp³-hybridized carbons (Fsp3) is 0.333. The van der Waals surface area contributed by atoms with E-state index in [-0.39, 0.29) is 6.10 Å². The van der Waals surface area contributed by atoms with Crippen molar-refractivity contribution in [2.45, 2.75) is 32.3 Å². The zero-order valence-electron chi connectivity index (χ0n) is 16.2. The minimum Gasteiger partial charge on any atom is -0.485 e. The molecule has 1 aliphatic heterocycles. The van der Waals surface area contributed by atoms with E-state index in [0.717, 1.165) is 60.3 Å². The smallest absolute Gasteiger partial charge is 0.128 e. The van der Waals surface area contributed by atoms with Crippen molar-refractivity contribution in [2.75, 3.05) is 13.1 Å². The van der Waals surface area contributed by atoms with Crippen LogP contribution < -0.4 is 10.1 Å². The summed E-state index contributed by atoms with van der Waals surface area (Å²) < 4.78 is 6.57. The first-order valence-corrected chi connectivity index (χ1v) is 9.98. The molecule has 1 N–H and O–H groups in total. The average molecular weight is 371 g/mol. The zero-order valence-corrected chi connectivity index (χ0v) is 16.2. The maximum Gasteiger partial charge on any atom is 0.128 e. The molecule has 142 valence electrons. The molecule has 4 nitrogen and oxygen atoms in total. The Morgan fingerprint density at radius 1 is 1.11 bits per heavy atom. The van der Waals surface area contributed by atoms with Crippen LogP contribution in [-0.4, -0.2) is 18.1 Å². The molecule has 0 spiro atoms. The van der Waals surface area contributed by atoms with Crippen LogP contribution in [0.15, 0.2) is 54.6 Å². The molecule has 1 aromatic heterocycles. The fourth-order valence-corrected chi connectivity index (χ4v) is 4.03. The summed E-state index contributed by atoms with van der Waals surface area (Å²) in [4.78, 5) is 4.64. The quantitative estimate of drug-likeness (QED) is 0.707. The lowest BCUT2D eigenvalue weighted by molar-refractivity contribution is 0.126. The second-order valence-corrected chi connectivity index (χ2v) is 7.49. The monoisotopic (exact) mass is 371 g/mol. The van der Waals surface area contributed by atoms with Crippen LogP contribution in [0.25, 0.3) is 10.9 Å². The molecule has 0 aliphatic carbocycles. The molecular weight excluding hydrogens is 346 g/mol. The second-order valence-electron chi connectivity index (χ2n) is 7.49. The highest BCUT2D eigenvalue weighted by Crippen LogP contribution is 2.36. The molecule has 1 saturated heterocycles. The number of hydrogen-bond donors (Lipinski definition) is 1. The third-order valence-corrected chi connectivity index (χ3v) is 5.50. The zero-order chi connectivity index (χ0) is 19.3. The van der Waals surface area contributed by atoms with Crippen LogP contribution in [-0.2, 0) is 0 Å². The number of hydrogen-bond acceptors (Lipinski definition) is 4. The fourth-order valence-electron chi connectivity index (χ4n) is 4.03. The van der Waals surface area contributed by atoms with Crippen LogP contribution in [0.2, 0.25) is 0 Å². The predicted molar refractivity (Wildman–Crippen MR) is 111 cm³/mol. The van der Waals surface area contributed by atoms with Gasteiger partial charge in [0.1, 0.15) is 11.9 Å². The highest BCUT2D eigenvalue weighted by Gasteiger charge is 2.28. The predicted octanol–water partition coefficient (Wildman–Crippen LogP) is 4.92. The lowest BCUT2D eigenvalue weighted by Crippen LogP contribution is -2.22. The first kappa shape index (κ1) is 18.5. The Kier molecular flexibility index (Phi) is 5.55. The van der Waals surface area contributed by atoms with Crippen LogP contribution in [0, 0.1) is 24.2 Å². The molecule has 4 rings (SSSR count). The highest BCUT2D eigenvalue weighted by molar-refractivity contribution is 5.80. The minimum atomic E-state index is -0.141. The summed E-state index contributed by atoms with van der Waals surface area (Å²) in [6.45, 7) is 4.03. The Labute approximate surface area is 166 Å². The van der Waals surface area contributed by atoms with E-state index in [1.807, 2.05) is 49.4 Å². The maximum atomic E-state index is 9.63. The normalized spacial score (nSPS) is 18.2. The van der Waals surface area contributed by atoms with E-state index in [4.69, 9.17) is 4.74 Å². The van der Waals surface area contributed by atoms with Gasteiger partial charge in [0.2, 0.25) is 0 Å². The summed E-state index contributed by atoms with van der Waals surface area (Å²) in [6.07, 6.45) is 3.10. The molecule has 2 unspecified atom stereocenters. The van der Waals surface area contributed by atoms with Crippen molar-refractivity contribution >= 4 is 10.9 Å². The standard InChI is InChI=1S/C24H25N3O/c1-17-8-9-18-10-11-21(15-23(18)27-17)28-24(19-6-4-13-26-14-12-19)22-7-3-2-5-20(22)16-25/h2-3,5,7-11,15,19,24,26H,4,6,12-14H2,1H3. The number of pyridine rings is 1. The average Bonchev–Trinajstić information content (AvgIpc) is 3.01. The molecule has 2 aromatic carbocycles. The number of nitrogens with one attached hydrogen (secondary N) is 1. The van der Waals surface area contributed by atoms with Gasteiger partial charge in [-0.15, -0.1) is 0 Å². The number of nitriles is 1. The third-order valence-electron chi connectivity index (χ3n) is 5.50. The summed E-state index contributed by atoms with van der Waals surface area (Å²) >= 11 is 0. The molecule has 2 atom stereocenters. The first-order chi connectivity index (χ1) is 13.7. The molecule has 0 amide bonds. The number of fused-ring (bicyclic) bond motifs is 1. The van der Waals surface area contributed by atoms with E-state index < -0.39 is 0 Å². The Hall–Kier alpha value is -2.90. The van der Waals surface area contributed by atoms with Crippen LogP contribution in [0.5, 0.6) is 5.75 Å². The van der Waals surface area contributed by atoms with Gasteiger partial charge in [-0.2, -0.15) is 5.26 Å². The lowest BCUT2D eigenvalue weighted by atomic mass is 9.87. The molecule has 0 bridgehead atoms. The molecule has 0 radical (unpaired) electrons. The third kappa shape index (κ3) is 4.00. The van der Waals surface area contributed by atoms with Crippen molar-refractivity contribution < 1.29 is 4.74 Å². The van der Waals surface area contributed by atoms with E-state index in [1.54, 1.807) is 0 Å². The summed E-state index contributed by atoms with van der Waals surface area (Å²) in [7, 11) is 0. The molecule has 1 aliphatic rings. The number of benzene rings is 2. The number of aryl methyl sites for hydroxylation is 1. The van der Waals surface area contributed by atoms with Crippen LogP contribution >= 0.6 is 0 Å². The molecule has 0 saturated carbocycles. The van der Waals surface area contributed by atoms with E-state index in [0.29, 0.717) is 11.5 Å². The Morgan fingerprint density at radius 2 is 1.96 bits per heavy atom. The van der Waals surface area contributed by atoms with Crippen LogP contribution in [0.3, 0.4) is 0 Å². The Morgan fingerprint density at radius 3 is 2.86 bits per heavy atom.